The minimum atomic E-state index is -0.472. The van der Waals surface area contributed by atoms with E-state index in [1.807, 2.05) is 25.1 Å². The molecule has 2 heteroatoms. The van der Waals surface area contributed by atoms with Crippen LogP contribution in [-0.2, 0) is 0 Å². The number of hydrogen-bond donors (Lipinski definition) is 1. The molecule has 0 fully saturated rings. The first-order chi connectivity index (χ1) is 5.66. The molecule has 0 amide bonds. The summed E-state index contributed by atoms with van der Waals surface area (Å²) in [5.74, 6) is 0.785. The third-order valence-electron chi connectivity index (χ3n) is 1.90. The Morgan fingerprint density at radius 1 is 1.42 bits per heavy atom. The lowest BCUT2D eigenvalue weighted by atomic mass is 10.1. The normalized spacial score (nSPS) is 12.7. The first kappa shape index (κ1) is 9.07. The number of rotatable bonds is 2. The Labute approximate surface area is 72.8 Å². The summed E-state index contributed by atoms with van der Waals surface area (Å²) in [7, 11) is 1.62. The highest BCUT2D eigenvalue weighted by Crippen LogP contribution is 2.27. The molecular formula is C10H14O2. The van der Waals surface area contributed by atoms with Crippen LogP contribution < -0.4 is 4.74 Å². The fourth-order valence-corrected chi connectivity index (χ4v) is 1.28. The molecule has 0 saturated carbocycles. The van der Waals surface area contributed by atoms with Crippen LogP contribution in [0.4, 0.5) is 0 Å². The zero-order chi connectivity index (χ0) is 9.14. The van der Waals surface area contributed by atoms with E-state index < -0.39 is 6.10 Å². The molecule has 1 rings (SSSR count). The molecule has 2 nitrogen and oxygen atoms in total. The zero-order valence-corrected chi connectivity index (χ0v) is 7.66. The van der Waals surface area contributed by atoms with Crippen LogP contribution in [0, 0.1) is 6.92 Å². The first-order valence-electron chi connectivity index (χ1n) is 3.98. The highest BCUT2D eigenvalue weighted by atomic mass is 16.5. The molecule has 1 aromatic rings. The number of aryl methyl sites for hydroxylation is 1. The number of aliphatic hydroxyl groups is 1. The van der Waals surface area contributed by atoms with E-state index in [0.717, 1.165) is 16.9 Å². The SMILES string of the molecule is COc1c(C)cccc1C(C)O. The van der Waals surface area contributed by atoms with Crippen molar-refractivity contribution in [3.63, 3.8) is 0 Å². The van der Waals surface area contributed by atoms with Crippen LogP contribution >= 0.6 is 0 Å². The van der Waals surface area contributed by atoms with Crippen molar-refractivity contribution in [2.75, 3.05) is 7.11 Å². The Hall–Kier alpha value is -1.02. The molecule has 0 radical (unpaired) electrons. The number of methoxy groups -OCH3 is 1. The molecule has 0 spiro atoms. The Balaban J connectivity index is 3.18. The molecule has 0 bridgehead atoms. The number of hydrogen-bond acceptors (Lipinski definition) is 2. The van der Waals surface area contributed by atoms with E-state index >= 15 is 0 Å². The molecule has 0 aliphatic carbocycles. The van der Waals surface area contributed by atoms with Crippen molar-refractivity contribution in [2.24, 2.45) is 0 Å². The van der Waals surface area contributed by atoms with Crippen molar-refractivity contribution in [3.8, 4) is 5.75 Å². The van der Waals surface area contributed by atoms with Crippen molar-refractivity contribution >= 4 is 0 Å². The van der Waals surface area contributed by atoms with Crippen LogP contribution in [0.3, 0.4) is 0 Å². The van der Waals surface area contributed by atoms with Gasteiger partial charge in [0.15, 0.2) is 0 Å². The molecule has 0 aliphatic rings. The fourth-order valence-electron chi connectivity index (χ4n) is 1.28. The predicted molar refractivity (Wildman–Crippen MR) is 48.4 cm³/mol. The smallest absolute Gasteiger partial charge is 0.127 e. The Morgan fingerprint density at radius 2 is 2.08 bits per heavy atom. The summed E-state index contributed by atoms with van der Waals surface area (Å²) in [4.78, 5) is 0. The van der Waals surface area contributed by atoms with Gasteiger partial charge in [0.05, 0.1) is 13.2 Å². The fraction of sp³-hybridized carbons (Fsp3) is 0.400. The molecule has 66 valence electrons. The lowest BCUT2D eigenvalue weighted by molar-refractivity contribution is 0.194. The number of para-hydroxylation sites is 1. The third kappa shape index (κ3) is 1.59. The van der Waals surface area contributed by atoms with Gasteiger partial charge >= 0.3 is 0 Å². The van der Waals surface area contributed by atoms with Crippen LogP contribution in [0.5, 0.6) is 5.75 Å². The summed E-state index contributed by atoms with van der Waals surface area (Å²) >= 11 is 0. The van der Waals surface area contributed by atoms with E-state index in [1.54, 1.807) is 14.0 Å². The van der Waals surface area contributed by atoms with Crippen LogP contribution in [-0.4, -0.2) is 12.2 Å². The van der Waals surface area contributed by atoms with Gasteiger partial charge in [-0.1, -0.05) is 18.2 Å². The maximum Gasteiger partial charge on any atom is 0.127 e. The second-order valence-corrected chi connectivity index (χ2v) is 2.87. The second-order valence-electron chi connectivity index (χ2n) is 2.87. The van der Waals surface area contributed by atoms with Gasteiger partial charge in [-0.25, -0.2) is 0 Å². The molecule has 0 saturated heterocycles. The van der Waals surface area contributed by atoms with Crippen LogP contribution in [0.25, 0.3) is 0 Å². The topological polar surface area (TPSA) is 29.5 Å². The van der Waals surface area contributed by atoms with Gasteiger partial charge in [-0.15, -0.1) is 0 Å². The van der Waals surface area contributed by atoms with Gasteiger partial charge in [0.1, 0.15) is 5.75 Å². The molecule has 0 heterocycles. The van der Waals surface area contributed by atoms with E-state index in [-0.39, 0.29) is 0 Å². The average Bonchev–Trinajstić information content (AvgIpc) is 2.03. The standard InChI is InChI=1S/C10H14O2/c1-7-5-4-6-9(8(2)11)10(7)12-3/h4-6,8,11H,1-3H3. The first-order valence-corrected chi connectivity index (χ1v) is 3.98. The van der Waals surface area contributed by atoms with Crippen molar-refractivity contribution < 1.29 is 9.84 Å². The summed E-state index contributed by atoms with van der Waals surface area (Å²) in [6.45, 7) is 3.70. The van der Waals surface area contributed by atoms with Gasteiger partial charge in [0.25, 0.3) is 0 Å². The summed E-state index contributed by atoms with van der Waals surface area (Å²) in [6, 6.07) is 5.75. The van der Waals surface area contributed by atoms with E-state index in [0.29, 0.717) is 0 Å². The molecule has 0 aliphatic heterocycles. The van der Waals surface area contributed by atoms with Gasteiger partial charge in [-0.05, 0) is 19.4 Å². The lowest BCUT2D eigenvalue weighted by Gasteiger charge is -2.12. The average molecular weight is 166 g/mol. The van der Waals surface area contributed by atoms with Crippen LogP contribution in [0.15, 0.2) is 18.2 Å². The monoisotopic (exact) mass is 166 g/mol. The van der Waals surface area contributed by atoms with Gasteiger partial charge in [-0.3, -0.25) is 0 Å². The number of ether oxygens (including phenoxy) is 1. The largest absolute Gasteiger partial charge is 0.496 e. The minimum absolute atomic E-state index is 0.472. The van der Waals surface area contributed by atoms with Gasteiger partial charge in [-0.2, -0.15) is 0 Å². The highest BCUT2D eigenvalue weighted by molar-refractivity contribution is 5.41. The van der Waals surface area contributed by atoms with E-state index in [2.05, 4.69) is 0 Å². The molecule has 1 unspecified atom stereocenters. The molecular weight excluding hydrogens is 152 g/mol. The maximum absolute atomic E-state index is 9.38. The van der Waals surface area contributed by atoms with E-state index in [1.165, 1.54) is 0 Å². The lowest BCUT2D eigenvalue weighted by Crippen LogP contribution is -1.97. The van der Waals surface area contributed by atoms with Crippen LogP contribution in [0.1, 0.15) is 24.2 Å². The zero-order valence-electron chi connectivity index (χ0n) is 7.66. The summed E-state index contributed by atoms with van der Waals surface area (Å²) < 4.78 is 5.18. The third-order valence-corrected chi connectivity index (χ3v) is 1.90. The Kier molecular flexibility index (Phi) is 2.71. The quantitative estimate of drug-likeness (QED) is 0.728. The van der Waals surface area contributed by atoms with Crippen LogP contribution in [0.2, 0.25) is 0 Å². The Morgan fingerprint density at radius 3 is 2.50 bits per heavy atom. The molecule has 1 N–H and O–H groups in total. The molecule has 0 aromatic heterocycles. The van der Waals surface area contributed by atoms with Crippen molar-refractivity contribution in [1.82, 2.24) is 0 Å². The summed E-state index contributed by atoms with van der Waals surface area (Å²) in [6.07, 6.45) is -0.472. The minimum Gasteiger partial charge on any atom is -0.496 e. The van der Waals surface area contributed by atoms with Gasteiger partial charge in [0.2, 0.25) is 0 Å². The molecule has 1 atom stereocenters. The highest BCUT2D eigenvalue weighted by Gasteiger charge is 2.09. The van der Waals surface area contributed by atoms with E-state index in [4.69, 9.17) is 4.74 Å². The van der Waals surface area contributed by atoms with Gasteiger partial charge < -0.3 is 9.84 Å². The second kappa shape index (κ2) is 3.59. The summed E-state index contributed by atoms with van der Waals surface area (Å²) in [5, 5.41) is 9.38. The van der Waals surface area contributed by atoms with Gasteiger partial charge in [0, 0.05) is 5.56 Å². The molecule has 12 heavy (non-hydrogen) atoms. The maximum atomic E-state index is 9.38. The molecule has 1 aromatic carbocycles. The Bertz CT molecular complexity index is 267. The number of benzene rings is 1. The summed E-state index contributed by atoms with van der Waals surface area (Å²) in [5.41, 5.74) is 1.90. The van der Waals surface area contributed by atoms with Crippen molar-refractivity contribution in [3.05, 3.63) is 29.3 Å². The van der Waals surface area contributed by atoms with Crippen molar-refractivity contribution in [2.45, 2.75) is 20.0 Å². The van der Waals surface area contributed by atoms with E-state index in [9.17, 15) is 5.11 Å². The predicted octanol–water partition coefficient (Wildman–Crippen LogP) is 2.06. The number of aliphatic hydroxyl groups excluding tert-OH is 1. The van der Waals surface area contributed by atoms with Crippen molar-refractivity contribution in [1.29, 1.82) is 0 Å².